The van der Waals surface area contributed by atoms with Crippen molar-refractivity contribution < 1.29 is 4.74 Å². The molecule has 0 radical (unpaired) electrons. The van der Waals surface area contributed by atoms with E-state index >= 15 is 0 Å². The van der Waals surface area contributed by atoms with Crippen LogP contribution in [-0.4, -0.2) is 18.9 Å². The minimum atomic E-state index is 0.239. The maximum absolute atomic E-state index is 5.52. The van der Waals surface area contributed by atoms with E-state index in [-0.39, 0.29) is 6.23 Å². The summed E-state index contributed by atoms with van der Waals surface area (Å²) in [5, 5.41) is 3.40. The van der Waals surface area contributed by atoms with Crippen LogP contribution in [0.25, 0.3) is 0 Å². The molecular weight excluding hydrogens is 138 g/mol. The van der Waals surface area contributed by atoms with Crippen LogP contribution in [0.3, 0.4) is 0 Å². The number of nitrogens with one attached hydrogen (secondary N) is 1. The third-order valence-electron chi connectivity index (χ3n) is 2.17. The number of hydrogen-bond acceptors (Lipinski definition) is 2. The maximum Gasteiger partial charge on any atom is 0.105 e. The van der Waals surface area contributed by atoms with Crippen molar-refractivity contribution in [2.75, 3.05) is 6.61 Å². The molecule has 1 aliphatic heterocycles. The average Bonchev–Trinajstić information content (AvgIpc) is 2.02. The van der Waals surface area contributed by atoms with E-state index < -0.39 is 0 Å². The van der Waals surface area contributed by atoms with Gasteiger partial charge in [-0.3, -0.25) is 5.32 Å². The minimum absolute atomic E-state index is 0.239. The first-order chi connectivity index (χ1) is 5.29. The van der Waals surface area contributed by atoms with Gasteiger partial charge in [0.2, 0.25) is 0 Å². The van der Waals surface area contributed by atoms with E-state index in [0.717, 1.165) is 6.61 Å². The van der Waals surface area contributed by atoms with Crippen molar-refractivity contribution in [2.45, 2.75) is 51.8 Å². The molecule has 1 fully saturated rings. The summed E-state index contributed by atoms with van der Waals surface area (Å²) >= 11 is 0. The lowest BCUT2D eigenvalue weighted by Crippen LogP contribution is -2.35. The Labute approximate surface area is 69.3 Å². The fourth-order valence-electron chi connectivity index (χ4n) is 1.52. The molecule has 2 atom stereocenters. The Kier molecular flexibility index (Phi) is 3.87. The quantitative estimate of drug-likeness (QED) is 0.580. The molecule has 0 amide bonds. The van der Waals surface area contributed by atoms with Gasteiger partial charge in [0, 0.05) is 12.6 Å². The van der Waals surface area contributed by atoms with Crippen molar-refractivity contribution in [3.63, 3.8) is 0 Å². The van der Waals surface area contributed by atoms with Crippen LogP contribution in [0.1, 0.15) is 39.5 Å². The van der Waals surface area contributed by atoms with Crippen molar-refractivity contribution in [2.24, 2.45) is 0 Å². The lowest BCUT2D eigenvalue weighted by molar-refractivity contribution is 0.0376. The van der Waals surface area contributed by atoms with Crippen LogP contribution in [0.15, 0.2) is 0 Å². The molecule has 11 heavy (non-hydrogen) atoms. The molecule has 1 aliphatic rings. The molecule has 1 heterocycles. The Morgan fingerprint density at radius 3 is 2.82 bits per heavy atom. The van der Waals surface area contributed by atoms with Crippen LogP contribution >= 0.6 is 0 Å². The van der Waals surface area contributed by atoms with E-state index in [1.54, 1.807) is 0 Å². The SMILES string of the molecule is CC1N[C@@H](C)CCCCCO1. The maximum atomic E-state index is 5.52. The summed E-state index contributed by atoms with van der Waals surface area (Å²) in [4.78, 5) is 0. The van der Waals surface area contributed by atoms with Gasteiger partial charge in [-0.1, -0.05) is 12.8 Å². The smallest absolute Gasteiger partial charge is 0.105 e. The molecule has 0 aliphatic carbocycles. The fraction of sp³-hybridized carbons (Fsp3) is 1.00. The van der Waals surface area contributed by atoms with Crippen molar-refractivity contribution in [3.05, 3.63) is 0 Å². The van der Waals surface area contributed by atoms with Gasteiger partial charge in [0.15, 0.2) is 0 Å². The zero-order valence-electron chi connectivity index (χ0n) is 7.60. The Bertz CT molecular complexity index is 93.7. The zero-order chi connectivity index (χ0) is 8.10. The number of hydrogen-bond donors (Lipinski definition) is 1. The molecule has 0 aromatic rings. The fourth-order valence-corrected chi connectivity index (χ4v) is 1.52. The summed E-state index contributed by atoms with van der Waals surface area (Å²) in [5.74, 6) is 0. The molecule has 1 N–H and O–H groups in total. The highest BCUT2D eigenvalue weighted by atomic mass is 16.5. The first-order valence-corrected chi connectivity index (χ1v) is 4.66. The van der Waals surface area contributed by atoms with E-state index in [1.165, 1.54) is 25.7 Å². The van der Waals surface area contributed by atoms with Crippen molar-refractivity contribution >= 4 is 0 Å². The zero-order valence-corrected chi connectivity index (χ0v) is 7.60. The molecule has 0 saturated carbocycles. The van der Waals surface area contributed by atoms with Gasteiger partial charge in [0.25, 0.3) is 0 Å². The average molecular weight is 157 g/mol. The molecule has 1 saturated heterocycles. The van der Waals surface area contributed by atoms with Gasteiger partial charge < -0.3 is 4.74 Å². The van der Waals surface area contributed by atoms with E-state index in [1.807, 2.05) is 0 Å². The second-order valence-corrected chi connectivity index (χ2v) is 3.43. The summed E-state index contributed by atoms with van der Waals surface area (Å²) in [5.41, 5.74) is 0. The topological polar surface area (TPSA) is 21.3 Å². The van der Waals surface area contributed by atoms with Gasteiger partial charge in [0.1, 0.15) is 6.23 Å². The van der Waals surface area contributed by atoms with Gasteiger partial charge in [-0.25, -0.2) is 0 Å². The monoisotopic (exact) mass is 157 g/mol. The highest BCUT2D eigenvalue weighted by Crippen LogP contribution is 2.07. The molecule has 2 heteroatoms. The first-order valence-electron chi connectivity index (χ1n) is 4.66. The van der Waals surface area contributed by atoms with Crippen LogP contribution in [0, 0.1) is 0 Å². The van der Waals surface area contributed by atoms with Crippen LogP contribution in [0.2, 0.25) is 0 Å². The Hall–Kier alpha value is -0.0800. The number of ether oxygens (including phenoxy) is 1. The second-order valence-electron chi connectivity index (χ2n) is 3.43. The molecule has 66 valence electrons. The molecular formula is C9H19NO. The normalized spacial score (nSPS) is 35.5. The van der Waals surface area contributed by atoms with Crippen molar-refractivity contribution in [3.8, 4) is 0 Å². The molecule has 2 nitrogen and oxygen atoms in total. The molecule has 0 bridgehead atoms. The van der Waals surface area contributed by atoms with E-state index in [9.17, 15) is 0 Å². The van der Waals surface area contributed by atoms with E-state index in [2.05, 4.69) is 19.2 Å². The predicted octanol–water partition coefficient (Wildman–Crippen LogP) is 1.90. The molecule has 1 unspecified atom stereocenters. The van der Waals surface area contributed by atoms with Crippen LogP contribution in [0.5, 0.6) is 0 Å². The molecule has 1 rings (SSSR count). The summed E-state index contributed by atoms with van der Waals surface area (Å²) in [6.45, 7) is 5.23. The largest absolute Gasteiger partial charge is 0.364 e. The molecule has 0 aromatic carbocycles. The lowest BCUT2D eigenvalue weighted by Gasteiger charge is -2.18. The highest BCUT2D eigenvalue weighted by molar-refractivity contribution is 4.63. The standard InChI is InChI=1S/C9H19NO/c1-8-6-4-3-5-7-11-9(2)10-8/h8-10H,3-7H2,1-2H3/t8-,9?/m0/s1. The van der Waals surface area contributed by atoms with Crippen LogP contribution < -0.4 is 5.32 Å². The molecule has 0 aromatic heterocycles. The summed E-state index contributed by atoms with van der Waals surface area (Å²) in [6.07, 6.45) is 5.40. The summed E-state index contributed by atoms with van der Waals surface area (Å²) < 4.78 is 5.52. The van der Waals surface area contributed by atoms with Gasteiger partial charge in [-0.05, 0) is 26.7 Å². The highest BCUT2D eigenvalue weighted by Gasteiger charge is 2.08. The van der Waals surface area contributed by atoms with Gasteiger partial charge >= 0.3 is 0 Å². The van der Waals surface area contributed by atoms with Crippen molar-refractivity contribution in [1.82, 2.24) is 5.32 Å². The number of rotatable bonds is 0. The van der Waals surface area contributed by atoms with Gasteiger partial charge in [0.05, 0.1) is 0 Å². The van der Waals surface area contributed by atoms with E-state index in [4.69, 9.17) is 4.74 Å². The third kappa shape index (κ3) is 3.73. The second kappa shape index (κ2) is 4.73. The van der Waals surface area contributed by atoms with Crippen molar-refractivity contribution in [1.29, 1.82) is 0 Å². The van der Waals surface area contributed by atoms with Gasteiger partial charge in [-0.2, -0.15) is 0 Å². The minimum Gasteiger partial charge on any atom is -0.364 e. The summed E-state index contributed by atoms with van der Waals surface area (Å²) in [6, 6.07) is 0.614. The Balaban J connectivity index is 2.27. The molecule has 0 spiro atoms. The first kappa shape index (κ1) is 9.01. The predicted molar refractivity (Wildman–Crippen MR) is 46.5 cm³/mol. The van der Waals surface area contributed by atoms with Crippen LogP contribution in [-0.2, 0) is 4.74 Å². The van der Waals surface area contributed by atoms with E-state index in [0.29, 0.717) is 6.04 Å². The Morgan fingerprint density at radius 1 is 1.18 bits per heavy atom. The lowest BCUT2D eigenvalue weighted by atomic mass is 10.1. The third-order valence-corrected chi connectivity index (χ3v) is 2.17. The summed E-state index contributed by atoms with van der Waals surface area (Å²) in [7, 11) is 0. The van der Waals surface area contributed by atoms with Gasteiger partial charge in [-0.15, -0.1) is 0 Å². The Morgan fingerprint density at radius 2 is 2.00 bits per heavy atom. The van der Waals surface area contributed by atoms with Crippen LogP contribution in [0.4, 0.5) is 0 Å².